The maximum Gasteiger partial charge on any atom is 0.148 e. The van der Waals surface area contributed by atoms with Gasteiger partial charge in [0.05, 0.1) is 11.2 Å². The number of piperidine rings is 1. The summed E-state index contributed by atoms with van der Waals surface area (Å²) in [4.78, 5) is 13.1. The van der Waals surface area contributed by atoms with Crippen molar-refractivity contribution >= 4 is 22.4 Å². The molecule has 33 heavy (non-hydrogen) atoms. The minimum absolute atomic E-state index is 0.461. The fraction of sp³-hybridized carbons (Fsp3) is 0.222. The topological polar surface area (TPSA) is 72.0 Å². The van der Waals surface area contributed by atoms with Crippen LogP contribution in [0.5, 0.6) is 11.5 Å². The molecule has 0 bridgehead atoms. The smallest absolute Gasteiger partial charge is 0.148 e. The molecular weight excluding hydrogens is 410 g/mol. The summed E-state index contributed by atoms with van der Waals surface area (Å²) < 4.78 is 5.94. The number of hydrogen-bond donors (Lipinski definition) is 2. The number of pyridine rings is 1. The normalized spacial score (nSPS) is 13.8. The number of ether oxygens (including phenoxy) is 1. The van der Waals surface area contributed by atoms with E-state index >= 15 is 0 Å². The van der Waals surface area contributed by atoms with Crippen LogP contribution in [0.1, 0.15) is 24.1 Å². The standard InChI is InChI=1S/C27H25N5O/c1-19-26(3-2-14-29-19)33-23-9-7-22(8-10-23)32-27-24-17-21(6-11-25(24)30-18-31-27)5-4-20-12-15-28-16-13-20/h2-3,6-11,14,17-18,20,28H,12-13,15-16H2,1H3,(H,30,31,32). The number of aryl methyl sites for hydroxylation is 1. The van der Waals surface area contributed by atoms with Crippen molar-refractivity contribution in [2.45, 2.75) is 19.8 Å². The second kappa shape index (κ2) is 9.68. The van der Waals surface area contributed by atoms with E-state index in [0.29, 0.717) is 5.92 Å². The average molecular weight is 436 g/mol. The molecule has 6 nitrogen and oxygen atoms in total. The summed E-state index contributed by atoms with van der Waals surface area (Å²) in [5, 5.41) is 7.73. The van der Waals surface area contributed by atoms with Crippen LogP contribution in [0, 0.1) is 24.7 Å². The Bertz CT molecular complexity index is 1320. The summed E-state index contributed by atoms with van der Waals surface area (Å²) in [7, 11) is 0. The largest absolute Gasteiger partial charge is 0.455 e. The lowest BCUT2D eigenvalue weighted by Gasteiger charge is -2.17. The molecule has 2 N–H and O–H groups in total. The van der Waals surface area contributed by atoms with E-state index in [1.54, 1.807) is 12.5 Å². The summed E-state index contributed by atoms with van der Waals surface area (Å²) in [5.74, 6) is 9.49. The van der Waals surface area contributed by atoms with Crippen LogP contribution in [0.25, 0.3) is 10.9 Å². The van der Waals surface area contributed by atoms with Gasteiger partial charge in [0.15, 0.2) is 0 Å². The van der Waals surface area contributed by atoms with Gasteiger partial charge < -0.3 is 15.4 Å². The molecule has 0 amide bonds. The Labute approximate surface area is 193 Å². The van der Waals surface area contributed by atoms with Gasteiger partial charge in [-0.25, -0.2) is 9.97 Å². The van der Waals surface area contributed by atoms with Gasteiger partial charge in [0.1, 0.15) is 23.6 Å². The lowest BCUT2D eigenvalue weighted by molar-refractivity contribution is 0.447. The molecule has 0 aliphatic carbocycles. The molecule has 0 unspecified atom stereocenters. The zero-order valence-corrected chi connectivity index (χ0v) is 18.5. The summed E-state index contributed by atoms with van der Waals surface area (Å²) in [6, 6.07) is 17.7. The van der Waals surface area contributed by atoms with Crippen LogP contribution in [-0.4, -0.2) is 28.0 Å². The van der Waals surface area contributed by atoms with Crippen LogP contribution in [0.3, 0.4) is 0 Å². The molecule has 1 fully saturated rings. The molecule has 3 heterocycles. The molecule has 0 saturated carbocycles. The quantitative estimate of drug-likeness (QED) is 0.428. The number of rotatable bonds is 4. The van der Waals surface area contributed by atoms with Crippen LogP contribution < -0.4 is 15.4 Å². The molecule has 164 valence electrons. The van der Waals surface area contributed by atoms with Gasteiger partial charge in [-0.15, -0.1) is 0 Å². The van der Waals surface area contributed by atoms with Gasteiger partial charge >= 0.3 is 0 Å². The third-order valence-electron chi connectivity index (χ3n) is 5.70. The predicted octanol–water partition coefficient (Wildman–Crippen LogP) is 5.22. The van der Waals surface area contributed by atoms with Gasteiger partial charge in [-0.2, -0.15) is 0 Å². The number of aromatic nitrogens is 3. The fourth-order valence-corrected chi connectivity index (χ4v) is 3.83. The highest BCUT2D eigenvalue weighted by Gasteiger charge is 2.10. The molecule has 1 aliphatic heterocycles. The Balaban J connectivity index is 1.35. The molecular formula is C27H25N5O. The SMILES string of the molecule is Cc1ncccc1Oc1ccc(Nc2ncnc3ccc(C#CC4CCNCC4)cc23)cc1. The Hall–Kier alpha value is -3.95. The summed E-state index contributed by atoms with van der Waals surface area (Å²) >= 11 is 0. The number of nitrogens with one attached hydrogen (secondary N) is 2. The van der Waals surface area contributed by atoms with E-state index < -0.39 is 0 Å². The van der Waals surface area contributed by atoms with E-state index in [2.05, 4.69) is 43.5 Å². The van der Waals surface area contributed by atoms with Crippen molar-refractivity contribution in [3.8, 4) is 23.3 Å². The van der Waals surface area contributed by atoms with Crippen molar-refractivity contribution < 1.29 is 4.74 Å². The van der Waals surface area contributed by atoms with Crippen molar-refractivity contribution in [2.24, 2.45) is 5.92 Å². The molecule has 1 aliphatic rings. The second-order valence-electron chi connectivity index (χ2n) is 8.09. The van der Waals surface area contributed by atoms with Gasteiger partial charge in [-0.3, -0.25) is 4.98 Å². The van der Waals surface area contributed by atoms with Crippen molar-refractivity contribution in [1.29, 1.82) is 0 Å². The first-order valence-electron chi connectivity index (χ1n) is 11.2. The third kappa shape index (κ3) is 5.11. The van der Waals surface area contributed by atoms with E-state index in [1.807, 2.05) is 55.5 Å². The zero-order valence-electron chi connectivity index (χ0n) is 18.5. The van der Waals surface area contributed by atoms with Crippen molar-refractivity contribution in [3.63, 3.8) is 0 Å². The molecule has 6 heteroatoms. The maximum absolute atomic E-state index is 5.94. The Morgan fingerprint density at radius 3 is 2.67 bits per heavy atom. The molecule has 5 rings (SSSR count). The van der Waals surface area contributed by atoms with Gasteiger partial charge in [0.2, 0.25) is 0 Å². The fourth-order valence-electron chi connectivity index (χ4n) is 3.83. The maximum atomic E-state index is 5.94. The molecule has 2 aromatic heterocycles. The minimum atomic E-state index is 0.461. The average Bonchev–Trinajstić information content (AvgIpc) is 2.86. The summed E-state index contributed by atoms with van der Waals surface area (Å²) in [6.45, 7) is 4.02. The van der Waals surface area contributed by atoms with Crippen LogP contribution in [0.4, 0.5) is 11.5 Å². The van der Waals surface area contributed by atoms with E-state index in [4.69, 9.17) is 4.74 Å². The lowest BCUT2D eigenvalue weighted by atomic mass is 9.98. The van der Waals surface area contributed by atoms with Crippen LogP contribution in [-0.2, 0) is 0 Å². The molecule has 2 aromatic carbocycles. The number of benzene rings is 2. The Kier molecular flexibility index (Phi) is 6.14. The van der Waals surface area contributed by atoms with Crippen molar-refractivity contribution in [2.75, 3.05) is 18.4 Å². The molecule has 1 saturated heterocycles. The van der Waals surface area contributed by atoms with E-state index in [-0.39, 0.29) is 0 Å². The van der Waals surface area contributed by atoms with E-state index in [1.165, 1.54) is 0 Å². The third-order valence-corrected chi connectivity index (χ3v) is 5.70. The monoisotopic (exact) mass is 435 g/mol. The first kappa shape index (κ1) is 20.9. The van der Waals surface area contributed by atoms with E-state index in [9.17, 15) is 0 Å². The van der Waals surface area contributed by atoms with Gasteiger partial charge in [0, 0.05) is 28.8 Å². The van der Waals surface area contributed by atoms with Gasteiger partial charge in [-0.05, 0) is 87.5 Å². The Morgan fingerprint density at radius 1 is 1.00 bits per heavy atom. The molecule has 0 radical (unpaired) electrons. The highest BCUT2D eigenvalue weighted by molar-refractivity contribution is 5.91. The van der Waals surface area contributed by atoms with Crippen LogP contribution in [0.2, 0.25) is 0 Å². The van der Waals surface area contributed by atoms with Gasteiger partial charge in [-0.1, -0.05) is 11.8 Å². The lowest BCUT2D eigenvalue weighted by Crippen LogP contribution is -2.26. The first-order valence-corrected chi connectivity index (χ1v) is 11.2. The van der Waals surface area contributed by atoms with Gasteiger partial charge in [0.25, 0.3) is 0 Å². The number of anilines is 2. The highest BCUT2D eigenvalue weighted by atomic mass is 16.5. The molecule has 4 aromatic rings. The predicted molar refractivity (Wildman–Crippen MR) is 131 cm³/mol. The first-order chi connectivity index (χ1) is 16.2. The van der Waals surface area contributed by atoms with E-state index in [0.717, 1.165) is 71.1 Å². The highest BCUT2D eigenvalue weighted by Crippen LogP contribution is 2.27. The number of fused-ring (bicyclic) bond motifs is 1. The van der Waals surface area contributed by atoms with Crippen molar-refractivity contribution in [1.82, 2.24) is 20.3 Å². The second-order valence-corrected chi connectivity index (χ2v) is 8.09. The summed E-state index contributed by atoms with van der Waals surface area (Å²) in [5.41, 5.74) is 3.63. The zero-order chi connectivity index (χ0) is 22.5. The minimum Gasteiger partial charge on any atom is -0.455 e. The van der Waals surface area contributed by atoms with Crippen LogP contribution >= 0.6 is 0 Å². The number of nitrogens with zero attached hydrogens (tertiary/aromatic N) is 3. The molecule has 0 spiro atoms. The number of hydrogen-bond acceptors (Lipinski definition) is 6. The van der Waals surface area contributed by atoms with Crippen LogP contribution in [0.15, 0.2) is 67.1 Å². The van der Waals surface area contributed by atoms with Crippen molar-refractivity contribution in [3.05, 3.63) is 78.4 Å². The molecule has 0 atom stereocenters. The summed E-state index contributed by atoms with van der Waals surface area (Å²) in [6.07, 6.45) is 5.55. The Morgan fingerprint density at radius 2 is 1.85 bits per heavy atom.